The van der Waals surface area contributed by atoms with Crippen molar-refractivity contribution in [2.24, 2.45) is 5.11 Å². The minimum Gasteiger partial charge on any atom is -0.465 e. The van der Waals surface area contributed by atoms with E-state index in [4.69, 9.17) is 15.0 Å². The van der Waals surface area contributed by atoms with Crippen LogP contribution in [0.25, 0.3) is 10.4 Å². The van der Waals surface area contributed by atoms with Crippen molar-refractivity contribution in [2.75, 3.05) is 13.2 Å². The second kappa shape index (κ2) is 6.68. The van der Waals surface area contributed by atoms with Gasteiger partial charge in [0, 0.05) is 4.91 Å². The van der Waals surface area contributed by atoms with Gasteiger partial charge in [0.1, 0.15) is 0 Å². The van der Waals surface area contributed by atoms with Crippen LogP contribution in [0.3, 0.4) is 0 Å². The molecule has 7 nitrogen and oxygen atoms in total. The fraction of sp³-hybridized carbons (Fsp3) is 0.778. The summed E-state index contributed by atoms with van der Waals surface area (Å²) in [5.74, 6) is -1.76. The van der Waals surface area contributed by atoms with E-state index in [9.17, 15) is 9.59 Å². The second-order valence-electron chi connectivity index (χ2n) is 2.84. The molecule has 0 aromatic rings. The van der Waals surface area contributed by atoms with Crippen LogP contribution in [-0.4, -0.2) is 30.7 Å². The third-order valence-electron chi connectivity index (χ3n) is 1.95. The molecule has 0 rings (SSSR count). The Morgan fingerprint density at radius 2 is 1.62 bits per heavy atom. The number of hydrogen-bond donors (Lipinski definition) is 0. The quantitative estimate of drug-likeness (QED) is 0.227. The Balaban J connectivity index is 5.21. The van der Waals surface area contributed by atoms with Gasteiger partial charge in [0.2, 0.25) is 5.54 Å². The lowest BCUT2D eigenvalue weighted by molar-refractivity contribution is -0.164. The fourth-order valence-corrected chi connectivity index (χ4v) is 1.10. The van der Waals surface area contributed by atoms with Crippen LogP contribution in [0.15, 0.2) is 5.11 Å². The minimum atomic E-state index is -1.90. The van der Waals surface area contributed by atoms with Crippen molar-refractivity contribution >= 4 is 11.9 Å². The molecule has 0 spiro atoms. The SMILES string of the molecule is CCOC(=O)C(CC)(N=[N+]=[N-])C(=O)OCC. The number of carbonyl (C=O) groups excluding carboxylic acids is 2. The molecule has 0 radical (unpaired) electrons. The number of hydrogen-bond acceptors (Lipinski definition) is 5. The Labute approximate surface area is 93.3 Å². The summed E-state index contributed by atoms with van der Waals surface area (Å²) in [6.07, 6.45) is -0.00523. The number of rotatable bonds is 6. The second-order valence-corrected chi connectivity index (χ2v) is 2.84. The number of nitrogens with zero attached hydrogens (tertiary/aromatic N) is 3. The van der Waals surface area contributed by atoms with Crippen LogP contribution in [-0.2, 0) is 19.1 Å². The third-order valence-corrected chi connectivity index (χ3v) is 1.95. The first-order chi connectivity index (χ1) is 7.58. The maximum atomic E-state index is 11.6. The monoisotopic (exact) mass is 229 g/mol. The summed E-state index contributed by atoms with van der Waals surface area (Å²) < 4.78 is 9.43. The molecule has 0 heterocycles. The zero-order valence-corrected chi connectivity index (χ0v) is 9.60. The van der Waals surface area contributed by atoms with Crippen LogP contribution < -0.4 is 0 Å². The molecular weight excluding hydrogens is 214 g/mol. The van der Waals surface area contributed by atoms with Crippen molar-refractivity contribution in [1.29, 1.82) is 0 Å². The molecule has 0 aliphatic heterocycles. The predicted octanol–water partition coefficient (Wildman–Crippen LogP) is 1.57. The van der Waals surface area contributed by atoms with Crippen LogP contribution in [0.4, 0.5) is 0 Å². The zero-order valence-electron chi connectivity index (χ0n) is 9.60. The van der Waals surface area contributed by atoms with Crippen molar-refractivity contribution in [1.82, 2.24) is 0 Å². The molecule has 0 atom stereocenters. The summed E-state index contributed by atoms with van der Waals surface area (Å²) in [5.41, 5.74) is 6.51. The van der Waals surface area contributed by atoms with E-state index in [0.29, 0.717) is 0 Å². The van der Waals surface area contributed by atoms with Gasteiger partial charge < -0.3 is 9.47 Å². The van der Waals surface area contributed by atoms with Gasteiger partial charge in [-0.2, -0.15) is 0 Å². The topological polar surface area (TPSA) is 101 Å². The smallest absolute Gasteiger partial charge is 0.329 e. The van der Waals surface area contributed by atoms with Crippen LogP contribution in [0.5, 0.6) is 0 Å². The van der Waals surface area contributed by atoms with E-state index in [1.807, 2.05) is 0 Å². The van der Waals surface area contributed by atoms with Crippen LogP contribution in [0.2, 0.25) is 0 Å². The molecule has 0 aromatic heterocycles. The van der Waals surface area contributed by atoms with Crippen LogP contribution in [0, 0.1) is 0 Å². The molecule has 0 amide bonds. The molecule has 90 valence electrons. The summed E-state index contributed by atoms with van der Waals surface area (Å²) in [6.45, 7) is 4.93. The maximum Gasteiger partial charge on any atom is 0.329 e. The summed E-state index contributed by atoms with van der Waals surface area (Å²) in [5, 5.41) is 3.24. The average molecular weight is 229 g/mol. The Bertz CT molecular complexity index is 292. The van der Waals surface area contributed by atoms with Gasteiger partial charge in [0.15, 0.2) is 0 Å². The summed E-state index contributed by atoms with van der Waals surface area (Å²) in [7, 11) is 0. The highest BCUT2D eigenvalue weighted by molar-refractivity contribution is 6.05. The van der Waals surface area contributed by atoms with Gasteiger partial charge in [-0.15, -0.1) is 0 Å². The number of esters is 2. The zero-order chi connectivity index (χ0) is 12.6. The normalized spacial score (nSPS) is 10.2. The number of ether oxygens (including phenoxy) is 2. The lowest BCUT2D eigenvalue weighted by atomic mass is 9.98. The summed E-state index contributed by atoms with van der Waals surface area (Å²) in [6, 6.07) is 0. The molecule has 7 heteroatoms. The van der Waals surface area contributed by atoms with E-state index in [1.54, 1.807) is 20.8 Å². The van der Waals surface area contributed by atoms with E-state index in [2.05, 4.69) is 10.0 Å². The standard InChI is InChI=1S/C9H15N3O4/c1-4-9(11-12-10,7(13)15-5-2)8(14)16-6-3/h4-6H2,1-3H3. The molecular formula is C9H15N3O4. The molecule has 0 aromatic carbocycles. The Morgan fingerprint density at radius 1 is 1.19 bits per heavy atom. The van der Waals surface area contributed by atoms with Crippen molar-refractivity contribution in [3.05, 3.63) is 10.4 Å². The van der Waals surface area contributed by atoms with Crippen molar-refractivity contribution in [3.63, 3.8) is 0 Å². The van der Waals surface area contributed by atoms with Gasteiger partial charge in [-0.05, 0) is 25.8 Å². The highest BCUT2D eigenvalue weighted by atomic mass is 16.6. The average Bonchev–Trinajstić information content (AvgIpc) is 2.26. The predicted molar refractivity (Wildman–Crippen MR) is 55.4 cm³/mol. The van der Waals surface area contributed by atoms with Gasteiger partial charge >= 0.3 is 11.9 Å². The van der Waals surface area contributed by atoms with Crippen molar-refractivity contribution in [3.8, 4) is 0 Å². The molecule has 0 saturated carbocycles. The molecule has 0 unspecified atom stereocenters. The molecule has 0 aliphatic carbocycles. The summed E-state index contributed by atoms with van der Waals surface area (Å²) in [4.78, 5) is 25.7. The lowest BCUT2D eigenvalue weighted by Gasteiger charge is -2.22. The minimum absolute atomic E-state index is 0.00523. The molecule has 0 aliphatic rings. The maximum absolute atomic E-state index is 11.6. The van der Waals surface area contributed by atoms with E-state index >= 15 is 0 Å². The molecule has 0 fully saturated rings. The van der Waals surface area contributed by atoms with Gasteiger partial charge in [-0.1, -0.05) is 12.0 Å². The first-order valence-corrected chi connectivity index (χ1v) is 4.99. The summed E-state index contributed by atoms with van der Waals surface area (Å²) >= 11 is 0. The molecule has 0 N–H and O–H groups in total. The van der Waals surface area contributed by atoms with Crippen LogP contribution in [0.1, 0.15) is 27.2 Å². The number of azide groups is 1. The van der Waals surface area contributed by atoms with Gasteiger partial charge in [-0.25, -0.2) is 0 Å². The highest BCUT2D eigenvalue weighted by Crippen LogP contribution is 2.21. The van der Waals surface area contributed by atoms with Crippen LogP contribution >= 0.6 is 0 Å². The molecule has 0 saturated heterocycles. The Kier molecular flexibility index (Phi) is 5.95. The Morgan fingerprint density at radius 3 is 1.88 bits per heavy atom. The molecule has 16 heavy (non-hydrogen) atoms. The van der Waals surface area contributed by atoms with E-state index in [1.165, 1.54) is 0 Å². The van der Waals surface area contributed by atoms with Gasteiger partial charge in [0.05, 0.1) is 13.2 Å². The van der Waals surface area contributed by atoms with E-state index < -0.39 is 17.5 Å². The van der Waals surface area contributed by atoms with Crippen molar-refractivity contribution in [2.45, 2.75) is 32.7 Å². The van der Waals surface area contributed by atoms with E-state index in [0.717, 1.165) is 0 Å². The largest absolute Gasteiger partial charge is 0.465 e. The van der Waals surface area contributed by atoms with Gasteiger partial charge in [-0.3, -0.25) is 9.59 Å². The third kappa shape index (κ3) is 2.87. The lowest BCUT2D eigenvalue weighted by Crippen LogP contribution is -2.46. The van der Waals surface area contributed by atoms with Gasteiger partial charge in [0.25, 0.3) is 0 Å². The Hall–Kier alpha value is -1.75. The first-order valence-electron chi connectivity index (χ1n) is 4.99. The van der Waals surface area contributed by atoms with Crippen molar-refractivity contribution < 1.29 is 19.1 Å². The fourth-order valence-electron chi connectivity index (χ4n) is 1.10. The van der Waals surface area contributed by atoms with E-state index in [-0.39, 0.29) is 19.6 Å². The first kappa shape index (κ1) is 14.2. The number of carbonyl (C=O) groups is 2. The molecule has 0 bridgehead atoms. The highest BCUT2D eigenvalue weighted by Gasteiger charge is 2.47.